The summed E-state index contributed by atoms with van der Waals surface area (Å²) in [5.74, 6) is -1.29. The summed E-state index contributed by atoms with van der Waals surface area (Å²) in [6.45, 7) is 2.28. The van der Waals surface area contributed by atoms with Crippen LogP contribution in [0.5, 0.6) is 0 Å². The lowest BCUT2D eigenvalue weighted by atomic mass is 10.2. The second-order valence-electron chi connectivity index (χ2n) is 4.19. The lowest BCUT2D eigenvalue weighted by molar-refractivity contribution is 0.0690. The van der Waals surface area contributed by atoms with Gasteiger partial charge in [0.2, 0.25) is 0 Å². The second kappa shape index (κ2) is 5.36. The Bertz CT molecular complexity index is 595. The van der Waals surface area contributed by atoms with Crippen molar-refractivity contribution in [1.29, 1.82) is 0 Å². The molecule has 0 aliphatic heterocycles. The predicted molar refractivity (Wildman–Crippen MR) is 72.3 cm³/mol. The van der Waals surface area contributed by atoms with Crippen LogP contribution in [0.3, 0.4) is 0 Å². The number of carbonyl (C=O) groups is 1. The summed E-state index contributed by atoms with van der Waals surface area (Å²) >= 11 is 1.33. The summed E-state index contributed by atoms with van der Waals surface area (Å²) in [4.78, 5) is 17.6. The van der Waals surface area contributed by atoms with Crippen LogP contribution in [0.4, 0.5) is 9.52 Å². The van der Waals surface area contributed by atoms with Crippen molar-refractivity contribution in [2.24, 2.45) is 0 Å². The number of aryl methyl sites for hydroxylation is 1. The number of nitrogens with zero attached hydrogens (tertiary/aromatic N) is 2. The van der Waals surface area contributed by atoms with Gasteiger partial charge in [-0.1, -0.05) is 12.1 Å². The van der Waals surface area contributed by atoms with Gasteiger partial charge in [0.25, 0.3) is 0 Å². The fourth-order valence-corrected chi connectivity index (χ4v) is 2.54. The van der Waals surface area contributed by atoms with Gasteiger partial charge in [-0.3, -0.25) is 0 Å². The minimum atomic E-state index is -1.02. The second-order valence-corrected chi connectivity index (χ2v) is 5.37. The molecule has 0 aliphatic carbocycles. The first-order chi connectivity index (χ1) is 8.97. The predicted octanol–water partition coefficient (Wildman–Crippen LogP) is 2.93. The standard InChI is InChI=1S/C13H13FN2O2S/c1-8-11(12(17)18)15-13(19-8)16(2)7-9-3-5-10(14)6-4-9/h3-6H,7H2,1-2H3,(H,17,18). The molecular formula is C13H13FN2O2S. The smallest absolute Gasteiger partial charge is 0.355 e. The molecule has 0 saturated carbocycles. The van der Waals surface area contributed by atoms with Crippen LogP contribution in [0.15, 0.2) is 24.3 Å². The molecule has 0 unspecified atom stereocenters. The highest BCUT2D eigenvalue weighted by atomic mass is 32.1. The Morgan fingerprint density at radius 1 is 1.42 bits per heavy atom. The lowest BCUT2D eigenvalue weighted by Crippen LogP contribution is -2.16. The highest BCUT2D eigenvalue weighted by Gasteiger charge is 2.16. The molecule has 0 radical (unpaired) electrons. The van der Waals surface area contributed by atoms with Crippen molar-refractivity contribution in [3.8, 4) is 0 Å². The quantitative estimate of drug-likeness (QED) is 0.935. The van der Waals surface area contributed by atoms with E-state index in [1.807, 2.05) is 11.9 Å². The Kier molecular flexibility index (Phi) is 3.80. The van der Waals surface area contributed by atoms with Gasteiger partial charge in [0.15, 0.2) is 10.8 Å². The van der Waals surface area contributed by atoms with E-state index in [2.05, 4.69) is 4.98 Å². The van der Waals surface area contributed by atoms with Crippen molar-refractivity contribution in [2.45, 2.75) is 13.5 Å². The minimum Gasteiger partial charge on any atom is -0.476 e. The zero-order chi connectivity index (χ0) is 14.0. The van der Waals surface area contributed by atoms with Gasteiger partial charge < -0.3 is 10.0 Å². The number of carboxylic acid groups (broad SMARTS) is 1. The van der Waals surface area contributed by atoms with Gasteiger partial charge in [0.05, 0.1) is 0 Å². The third-order valence-electron chi connectivity index (χ3n) is 2.65. The molecule has 2 rings (SSSR count). The fraction of sp³-hybridized carbons (Fsp3) is 0.231. The molecule has 0 amide bonds. The fourth-order valence-electron chi connectivity index (χ4n) is 1.68. The Hall–Kier alpha value is -1.95. The van der Waals surface area contributed by atoms with E-state index in [1.165, 1.54) is 23.5 Å². The first kappa shape index (κ1) is 13.5. The topological polar surface area (TPSA) is 53.4 Å². The molecule has 1 N–H and O–H groups in total. The maximum absolute atomic E-state index is 12.8. The molecular weight excluding hydrogens is 267 g/mol. The van der Waals surface area contributed by atoms with Crippen molar-refractivity contribution in [3.05, 3.63) is 46.2 Å². The number of benzene rings is 1. The molecule has 1 aromatic carbocycles. The van der Waals surface area contributed by atoms with Gasteiger partial charge in [0.1, 0.15) is 5.82 Å². The van der Waals surface area contributed by atoms with Crippen LogP contribution >= 0.6 is 11.3 Å². The number of halogens is 1. The van der Waals surface area contributed by atoms with E-state index in [0.717, 1.165) is 5.56 Å². The van der Waals surface area contributed by atoms with Gasteiger partial charge in [-0.2, -0.15) is 0 Å². The maximum atomic E-state index is 12.8. The third kappa shape index (κ3) is 3.08. The van der Waals surface area contributed by atoms with Crippen LogP contribution in [0, 0.1) is 12.7 Å². The molecule has 4 nitrogen and oxygen atoms in total. The molecule has 2 aromatic rings. The Balaban J connectivity index is 2.15. The molecule has 6 heteroatoms. The minimum absolute atomic E-state index is 0.0888. The summed E-state index contributed by atoms with van der Waals surface area (Å²) in [7, 11) is 1.83. The summed E-state index contributed by atoms with van der Waals surface area (Å²) < 4.78 is 12.8. The zero-order valence-corrected chi connectivity index (χ0v) is 11.4. The van der Waals surface area contributed by atoms with Crippen molar-refractivity contribution < 1.29 is 14.3 Å². The van der Waals surface area contributed by atoms with Crippen LogP contribution in [-0.4, -0.2) is 23.1 Å². The third-order valence-corrected chi connectivity index (χ3v) is 3.73. The van der Waals surface area contributed by atoms with E-state index in [-0.39, 0.29) is 11.5 Å². The number of carboxylic acids is 1. The molecule has 100 valence electrons. The van der Waals surface area contributed by atoms with Gasteiger partial charge in [0, 0.05) is 18.5 Å². The van der Waals surface area contributed by atoms with E-state index in [1.54, 1.807) is 19.1 Å². The molecule has 0 aliphatic rings. The van der Waals surface area contributed by atoms with E-state index in [0.29, 0.717) is 16.6 Å². The first-order valence-corrected chi connectivity index (χ1v) is 6.45. The highest BCUT2D eigenvalue weighted by molar-refractivity contribution is 7.15. The van der Waals surface area contributed by atoms with Crippen molar-refractivity contribution in [3.63, 3.8) is 0 Å². The molecule has 19 heavy (non-hydrogen) atoms. The molecule has 0 atom stereocenters. The number of hydrogen-bond donors (Lipinski definition) is 1. The number of rotatable bonds is 4. The number of aromatic carboxylic acids is 1. The molecule has 1 heterocycles. The van der Waals surface area contributed by atoms with Gasteiger partial charge in [-0.05, 0) is 24.6 Å². The summed E-state index contributed by atoms with van der Waals surface area (Å²) in [5.41, 5.74) is 1.03. The van der Waals surface area contributed by atoms with Gasteiger partial charge >= 0.3 is 5.97 Å². The number of anilines is 1. The highest BCUT2D eigenvalue weighted by Crippen LogP contribution is 2.25. The first-order valence-electron chi connectivity index (χ1n) is 5.63. The summed E-state index contributed by atoms with van der Waals surface area (Å²) in [6, 6.07) is 6.20. The monoisotopic (exact) mass is 280 g/mol. The Labute approximate surface area is 114 Å². The average Bonchev–Trinajstić information content (AvgIpc) is 2.74. The van der Waals surface area contributed by atoms with Crippen molar-refractivity contribution in [2.75, 3.05) is 11.9 Å². The molecule has 1 aromatic heterocycles. The molecule has 0 bridgehead atoms. The van der Waals surface area contributed by atoms with Crippen LogP contribution in [0.1, 0.15) is 20.9 Å². The van der Waals surface area contributed by atoms with Gasteiger partial charge in [-0.25, -0.2) is 14.2 Å². The molecule has 0 saturated heterocycles. The molecule has 0 spiro atoms. The maximum Gasteiger partial charge on any atom is 0.355 e. The number of aromatic nitrogens is 1. The van der Waals surface area contributed by atoms with Crippen LogP contribution in [-0.2, 0) is 6.54 Å². The van der Waals surface area contributed by atoms with E-state index >= 15 is 0 Å². The van der Waals surface area contributed by atoms with E-state index < -0.39 is 5.97 Å². The van der Waals surface area contributed by atoms with Crippen LogP contribution in [0.2, 0.25) is 0 Å². The van der Waals surface area contributed by atoms with E-state index in [4.69, 9.17) is 5.11 Å². The van der Waals surface area contributed by atoms with Crippen LogP contribution < -0.4 is 4.90 Å². The number of hydrogen-bond acceptors (Lipinski definition) is 4. The molecule has 0 fully saturated rings. The van der Waals surface area contributed by atoms with E-state index in [9.17, 15) is 9.18 Å². The number of thiazole rings is 1. The van der Waals surface area contributed by atoms with Crippen LogP contribution in [0.25, 0.3) is 0 Å². The van der Waals surface area contributed by atoms with Crippen molar-refractivity contribution >= 4 is 22.4 Å². The average molecular weight is 280 g/mol. The zero-order valence-electron chi connectivity index (χ0n) is 10.6. The van der Waals surface area contributed by atoms with Gasteiger partial charge in [-0.15, -0.1) is 11.3 Å². The van der Waals surface area contributed by atoms with Crippen molar-refractivity contribution in [1.82, 2.24) is 4.98 Å². The summed E-state index contributed by atoms with van der Waals surface area (Å²) in [5, 5.41) is 9.60. The lowest BCUT2D eigenvalue weighted by Gasteiger charge is -2.15. The largest absolute Gasteiger partial charge is 0.476 e. The normalized spacial score (nSPS) is 10.5. The summed E-state index contributed by atoms with van der Waals surface area (Å²) in [6.07, 6.45) is 0. The Morgan fingerprint density at radius 3 is 2.58 bits per heavy atom. The SMILES string of the molecule is Cc1sc(N(C)Cc2ccc(F)cc2)nc1C(=O)O. The Morgan fingerprint density at radius 2 is 2.05 bits per heavy atom.